The number of nitrogens with two attached hydrogens (primary N) is 1. The molecule has 2 N–H and O–H groups in total. The van der Waals surface area contributed by atoms with E-state index in [1.165, 1.54) is 0 Å². The molecule has 0 bridgehead atoms. The third-order valence-electron chi connectivity index (χ3n) is 3.69. The van der Waals surface area contributed by atoms with Crippen molar-refractivity contribution < 1.29 is 13.5 Å². The van der Waals surface area contributed by atoms with Crippen LogP contribution in [0.5, 0.6) is 5.75 Å². The van der Waals surface area contributed by atoms with Gasteiger partial charge in [0.15, 0.2) is 0 Å². The molecule has 3 nitrogen and oxygen atoms in total. The number of rotatable bonds is 4. The molecule has 1 aromatic carbocycles. The standard InChI is InChI=1S/C14H20F2N2O/c1-10(18-7-5-12(17)6-8-18)11-3-2-4-13(9-11)19-14(15)16/h2-4,9-10,12,14H,5-8,17H2,1H3. The Bertz CT molecular complexity index is 406. The van der Waals surface area contributed by atoms with Gasteiger partial charge in [-0.15, -0.1) is 0 Å². The van der Waals surface area contributed by atoms with Crippen molar-refractivity contribution in [2.24, 2.45) is 5.73 Å². The maximum Gasteiger partial charge on any atom is 0.387 e. The van der Waals surface area contributed by atoms with E-state index in [-0.39, 0.29) is 17.8 Å². The SMILES string of the molecule is CC(c1cccc(OC(F)F)c1)N1CCC(N)CC1. The Morgan fingerprint density at radius 2 is 2.00 bits per heavy atom. The van der Waals surface area contributed by atoms with E-state index >= 15 is 0 Å². The average Bonchev–Trinajstić information content (AvgIpc) is 2.38. The number of benzene rings is 1. The normalized spacial score (nSPS) is 19.6. The summed E-state index contributed by atoms with van der Waals surface area (Å²) in [6.45, 7) is 1.20. The van der Waals surface area contributed by atoms with Gasteiger partial charge in [-0.05, 0) is 37.5 Å². The van der Waals surface area contributed by atoms with E-state index in [9.17, 15) is 8.78 Å². The molecular formula is C14H20F2N2O. The Hall–Kier alpha value is -1.20. The molecule has 0 amide bonds. The smallest absolute Gasteiger partial charge is 0.387 e. The van der Waals surface area contributed by atoms with Crippen LogP contribution in [0.2, 0.25) is 0 Å². The summed E-state index contributed by atoms with van der Waals surface area (Å²) in [5.74, 6) is 0.216. The van der Waals surface area contributed by atoms with Gasteiger partial charge in [-0.25, -0.2) is 0 Å². The largest absolute Gasteiger partial charge is 0.435 e. The van der Waals surface area contributed by atoms with Crippen LogP contribution in [0, 0.1) is 0 Å². The second kappa shape index (κ2) is 6.30. The lowest BCUT2D eigenvalue weighted by Crippen LogP contribution is -2.40. The molecule has 2 rings (SSSR count). The first-order chi connectivity index (χ1) is 9.06. The molecule has 1 fully saturated rings. The second-order valence-corrected chi connectivity index (χ2v) is 5.00. The number of halogens is 2. The molecule has 1 unspecified atom stereocenters. The fraction of sp³-hybridized carbons (Fsp3) is 0.571. The maximum atomic E-state index is 12.2. The molecule has 1 atom stereocenters. The lowest BCUT2D eigenvalue weighted by molar-refractivity contribution is -0.0499. The molecule has 106 valence electrons. The summed E-state index contributed by atoms with van der Waals surface area (Å²) in [5, 5.41) is 0. The van der Waals surface area contributed by atoms with Crippen molar-refractivity contribution in [3.63, 3.8) is 0 Å². The number of piperidine rings is 1. The Labute approximate surface area is 112 Å². The molecule has 0 aromatic heterocycles. The van der Waals surface area contributed by atoms with Gasteiger partial charge < -0.3 is 10.5 Å². The van der Waals surface area contributed by atoms with Gasteiger partial charge in [0.05, 0.1) is 0 Å². The summed E-state index contributed by atoms with van der Waals surface area (Å²) in [6, 6.07) is 7.40. The number of ether oxygens (including phenoxy) is 1. The summed E-state index contributed by atoms with van der Waals surface area (Å²) in [7, 11) is 0. The maximum absolute atomic E-state index is 12.2. The summed E-state index contributed by atoms with van der Waals surface area (Å²) in [4.78, 5) is 2.32. The van der Waals surface area contributed by atoms with Gasteiger partial charge in [0.25, 0.3) is 0 Å². The molecule has 19 heavy (non-hydrogen) atoms. The van der Waals surface area contributed by atoms with Crippen molar-refractivity contribution in [3.8, 4) is 5.75 Å². The monoisotopic (exact) mass is 270 g/mol. The minimum Gasteiger partial charge on any atom is -0.435 e. The van der Waals surface area contributed by atoms with Crippen LogP contribution in [0.3, 0.4) is 0 Å². The number of hydrogen-bond donors (Lipinski definition) is 1. The van der Waals surface area contributed by atoms with Crippen LogP contribution in [0.1, 0.15) is 31.4 Å². The molecule has 5 heteroatoms. The Morgan fingerprint density at radius 3 is 2.63 bits per heavy atom. The van der Waals surface area contributed by atoms with Crippen molar-refractivity contribution >= 4 is 0 Å². The second-order valence-electron chi connectivity index (χ2n) is 5.00. The van der Waals surface area contributed by atoms with Crippen molar-refractivity contribution in [2.45, 2.75) is 38.5 Å². The molecular weight excluding hydrogens is 250 g/mol. The summed E-state index contributed by atoms with van der Waals surface area (Å²) in [5.41, 5.74) is 6.88. The first-order valence-electron chi connectivity index (χ1n) is 6.60. The predicted octanol–water partition coefficient (Wildman–Crippen LogP) is 2.77. The van der Waals surface area contributed by atoms with Crippen LogP contribution in [-0.2, 0) is 0 Å². The van der Waals surface area contributed by atoms with Crippen molar-refractivity contribution in [3.05, 3.63) is 29.8 Å². The zero-order valence-electron chi connectivity index (χ0n) is 11.1. The summed E-state index contributed by atoms with van der Waals surface area (Å²) >= 11 is 0. The summed E-state index contributed by atoms with van der Waals surface area (Å²) < 4.78 is 28.8. The topological polar surface area (TPSA) is 38.5 Å². The van der Waals surface area contributed by atoms with Crippen LogP contribution < -0.4 is 10.5 Å². The van der Waals surface area contributed by atoms with E-state index in [0.717, 1.165) is 31.5 Å². The number of alkyl halides is 2. The van der Waals surface area contributed by atoms with E-state index in [0.29, 0.717) is 0 Å². The number of likely N-dealkylation sites (tertiary alicyclic amines) is 1. The van der Waals surface area contributed by atoms with Gasteiger partial charge in [-0.1, -0.05) is 12.1 Å². The molecule has 0 saturated carbocycles. The van der Waals surface area contributed by atoms with Crippen LogP contribution in [0.4, 0.5) is 8.78 Å². The van der Waals surface area contributed by atoms with E-state index in [1.807, 2.05) is 6.07 Å². The highest BCUT2D eigenvalue weighted by atomic mass is 19.3. The Balaban J connectivity index is 2.04. The van der Waals surface area contributed by atoms with Gasteiger partial charge in [-0.3, -0.25) is 4.90 Å². The van der Waals surface area contributed by atoms with Crippen molar-refractivity contribution in [1.82, 2.24) is 4.90 Å². The zero-order valence-corrected chi connectivity index (χ0v) is 11.1. The van der Waals surface area contributed by atoms with Crippen LogP contribution in [0.15, 0.2) is 24.3 Å². The molecule has 1 heterocycles. The first-order valence-corrected chi connectivity index (χ1v) is 6.60. The van der Waals surface area contributed by atoms with Gasteiger partial charge in [0.2, 0.25) is 0 Å². The van der Waals surface area contributed by atoms with Crippen LogP contribution in [0.25, 0.3) is 0 Å². The highest BCUT2D eigenvalue weighted by molar-refractivity contribution is 5.30. The van der Waals surface area contributed by atoms with Crippen LogP contribution >= 0.6 is 0 Å². The summed E-state index contributed by atoms with van der Waals surface area (Å²) in [6.07, 6.45) is 1.97. The van der Waals surface area contributed by atoms with Gasteiger partial charge in [-0.2, -0.15) is 8.78 Å². The predicted molar refractivity (Wildman–Crippen MR) is 70.3 cm³/mol. The molecule has 1 aliphatic heterocycles. The minimum atomic E-state index is -2.78. The Kier molecular flexibility index (Phi) is 4.71. The zero-order chi connectivity index (χ0) is 13.8. The minimum absolute atomic E-state index is 0.189. The van der Waals surface area contributed by atoms with E-state index in [2.05, 4.69) is 16.6 Å². The lowest BCUT2D eigenvalue weighted by atomic mass is 10.0. The molecule has 0 radical (unpaired) electrons. The number of hydrogen-bond acceptors (Lipinski definition) is 3. The van der Waals surface area contributed by atoms with Gasteiger partial charge >= 0.3 is 6.61 Å². The van der Waals surface area contributed by atoms with E-state index < -0.39 is 6.61 Å². The lowest BCUT2D eigenvalue weighted by Gasteiger charge is -2.35. The third kappa shape index (κ3) is 3.88. The van der Waals surface area contributed by atoms with Gasteiger partial charge in [0, 0.05) is 25.2 Å². The average molecular weight is 270 g/mol. The molecule has 0 aliphatic carbocycles. The molecule has 1 aliphatic rings. The fourth-order valence-corrected chi connectivity index (χ4v) is 2.47. The first kappa shape index (κ1) is 14.2. The van der Waals surface area contributed by atoms with Crippen molar-refractivity contribution in [1.29, 1.82) is 0 Å². The quantitative estimate of drug-likeness (QED) is 0.914. The van der Waals surface area contributed by atoms with Crippen molar-refractivity contribution in [2.75, 3.05) is 13.1 Å². The third-order valence-corrected chi connectivity index (χ3v) is 3.69. The number of nitrogens with zero attached hydrogens (tertiary/aromatic N) is 1. The van der Waals surface area contributed by atoms with E-state index in [4.69, 9.17) is 5.73 Å². The fourth-order valence-electron chi connectivity index (χ4n) is 2.47. The van der Waals surface area contributed by atoms with Crippen LogP contribution in [-0.4, -0.2) is 30.6 Å². The molecule has 1 aromatic rings. The molecule has 1 saturated heterocycles. The van der Waals surface area contributed by atoms with Gasteiger partial charge in [0.1, 0.15) is 5.75 Å². The Morgan fingerprint density at radius 1 is 1.32 bits per heavy atom. The molecule has 0 spiro atoms. The highest BCUT2D eigenvalue weighted by Gasteiger charge is 2.21. The van der Waals surface area contributed by atoms with E-state index in [1.54, 1.807) is 18.2 Å². The highest BCUT2D eigenvalue weighted by Crippen LogP contribution is 2.26.